The van der Waals surface area contributed by atoms with Gasteiger partial charge in [-0.3, -0.25) is 4.79 Å². The highest BCUT2D eigenvalue weighted by Gasteiger charge is 2.01. The lowest BCUT2D eigenvalue weighted by Gasteiger charge is -2.10. The molecule has 0 bridgehead atoms. The van der Waals surface area contributed by atoms with Gasteiger partial charge >= 0.3 is 0 Å². The van der Waals surface area contributed by atoms with Crippen molar-refractivity contribution in [1.29, 1.82) is 0 Å². The third-order valence-corrected chi connectivity index (χ3v) is 2.40. The summed E-state index contributed by atoms with van der Waals surface area (Å²) in [4.78, 5) is 11.5. The predicted molar refractivity (Wildman–Crippen MR) is 71.6 cm³/mol. The summed E-state index contributed by atoms with van der Waals surface area (Å²) < 4.78 is 0. The van der Waals surface area contributed by atoms with Crippen LogP contribution < -0.4 is 10.6 Å². The van der Waals surface area contributed by atoms with E-state index in [-0.39, 0.29) is 5.91 Å². The number of carbonyl (C=O) groups is 1. The average Bonchev–Trinajstić information content (AvgIpc) is 2.35. The van der Waals surface area contributed by atoms with E-state index in [1.54, 1.807) is 6.08 Å². The minimum Gasteiger partial charge on any atom is -0.352 e. The van der Waals surface area contributed by atoms with Crippen LogP contribution in [0.5, 0.6) is 0 Å². The van der Waals surface area contributed by atoms with Crippen LogP contribution in [-0.2, 0) is 4.79 Å². The Bertz CT molecular complexity index is 360. The highest BCUT2D eigenvalue weighted by Crippen LogP contribution is 2.00. The number of carbonyl (C=O) groups excluding carboxylic acids is 1. The molecule has 1 atom stereocenters. The Morgan fingerprint density at radius 2 is 2.00 bits per heavy atom. The van der Waals surface area contributed by atoms with Gasteiger partial charge in [0.15, 0.2) is 0 Å². The Morgan fingerprint density at radius 3 is 2.65 bits per heavy atom. The fourth-order valence-corrected chi connectivity index (χ4v) is 1.49. The van der Waals surface area contributed by atoms with Gasteiger partial charge in [0, 0.05) is 12.6 Å². The van der Waals surface area contributed by atoms with Crippen LogP contribution in [0.1, 0.15) is 12.5 Å². The molecule has 3 heteroatoms. The van der Waals surface area contributed by atoms with Gasteiger partial charge < -0.3 is 10.6 Å². The van der Waals surface area contributed by atoms with Crippen molar-refractivity contribution in [3.05, 3.63) is 42.0 Å². The zero-order valence-electron chi connectivity index (χ0n) is 10.4. The Hall–Kier alpha value is -1.61. The van der Waals surface area contributed by atoms with Crippen molar-refractivity contribution in [3.63, 3.8) is 0 Å². The van der Waals surface area contributed by atoms with E-state index in [9.17, 15) is 4.79 Å². The van der Waals surface area contributed by atoms with E-state index in [0.717, 1.165) is 12.1 Å². The molecule has 1 amide bonds. The molecule has 0 aliphatic carbocycles. The number of benzene rings is 1. The first-order valence-electron chi connectivity index (χ1n) is 5.88. The summed E-state index contributed by atoms with van der Waals surface area (Å²) in [5.41, 5.74) is 1.03. The molecule has 17 heavy (non-hydrogen) atoms. The number of nitrogens with one attached hydrogen (secondary N) is 2. The lowest BCUT2D eigenvalue weighted by molar-refractivity contribution is -0.116. The van der Waals surface area contributed by atoms with Crippen molar-refractivity contribution >= 4 is 12.0 Å². The number of amides is 1. The van der Waals surface area contributed by atoms with Gasteiger partial charge in [0.05, 0.1) is 0 Å². The smallest absolute Gasteiger partial charge is 0.244 e. The molecular formula is C14H20N2O. The maximum atomic E-state index is 11.5. The predicted octanol–water partition coefficient (Wildman–Crippen LogP) is 1.67. The molecule has 1 unspecified atom stereocenters. The molecule has 0 radical (unpaired) electrons. The molecule has 0 fully saturated rings. The molecule has 1 aromatic carbocycles. The van der Waals surface area contributed by atoms with Gasteiger partial charge in [-0.05, 0) is 31.1 Å². The molecule has 0 aromatic heterocycles. The molecular weight excluding hydrogens is 212 g/mol. The maximum Gasteiger partial charge on any atom is 0.244 e. The summed E-state index contributed by atoms with van der Waals surface area (Å²) in [6.45, 7) is 3.69. The van der Waals surface area contributed by atoms with Crippen LogP contribution in [0, 0.1) is 5.92 Å². The van der Waals surface area contributed by atoms with E-state index in [1.165, 1.54) is 0 Å². The summed E-state index contributed by atoms with van der Waals surface area (Å²) in [5, 5.41) is 5.95. The standard InChI is InChI=1S/C14H20N2O/c1-12(10-15-2)11-16-14(17)9-8-13-6-4-3-5-7-13/h3-9,12,15H,10-11H2,1-2H3,(H,16,17)/b9-8+. The Morgan fingerprint density at radius 1 is 1.29 bits per heavy atom. The molecule has 0 saturated heterocycles. The molecule has 3 nitrogen and oxygen atoms in total. The Kier molecular flexibility index (Phi) is 6.04. The van der Waals surface area contributed by atoms with E-state index in [0.29, 0.717) is 12.5 Å². The van der Waals surface area contributed by atoms with Crippen molar-refractivity contribution in [2.75, 3.05) is 20.1 Å². The van der Waals surface area contributed by atoms with Crippen molar-refractivity contribution in [3.8, 4) is 0 Å². The second kappa shape index (κ2) is 7.63. The first-order chi connectivity index (χ1) is 8.22. The quantitative estimate of drug-likeness (QED) is 0.733. The maximum absolute atomic E-state index is 11.5. The highest BCUT2D eigenvalue weighted by atomic mass is 16.1. The minimum atomic E-state index is -0.0446. The summed E-state index contributed by atoms with van der Waals surface area (Å²) in [6, 6.07) is 9.79. The van der Waals surface area contributed by atoms with Gasteiger partial charge in [-0.1, -0.05) is 37.3 Å². The summed E-state index contributed by atoms with van der Waals surface area (Å²) >= 11 is 0. The third-order valence-electron chi connectivity index (χ3n) is 2.40. The van der Waals surface area contributed by atoms with E-state index in [2.05, 4.69) is 17.6 Å². The molecule has 1 rings (SSSR count). The number of rotatable bonds is 6. The van der Waals surface area contributed by atoms with Crippen molar-refractivity contribution in [2.45, 2.75) is 6.92 Å². The van der Waals surface area contributed by atoms with Crippen molar-refractivity contribution in [1.82, 2.24) is 10.6 Å². The normalized spacial score (nSPS) is 12.6. The second-order valence-electron chi connectivity index (χ2n) is 4.15. The zero-order valence-corrected chi connectivity index (χ0v) is 10.4. The fraction of sp³-hybridized carbons (Fsp3) is 0.357. The molecule has 2 N–H and O–H groups in total. The average molecular weight is 232 g/mol. The Balaban J connectivity index is 2.32. The fourth-order valence-electron chi connectivity index (χ4n) is 1.49. The van der Waals surface area contributed by atoms with Crippen LogP contribution >= 0.6 is 0 Å². The SMILES string of the molecule is CNCC(C)CNC(=O)/C=C/c1ccccc1. The van der Waals surface area contributed by atoms with Gasteiger partial charge in [0.1, 0.15) is 0 Å². The first kappa shape index (κ1) is 13.5. The number of hydrogen-bond acceptors (Lipinski definition) is 2. The minimum absolute atomic E-state index is 0.0446. The van der Waals surface area contributed by atoms with Crippen LogP contribution in [0.25, 0.3) is 6.08 Å². The first-order valence-corrected chi connectivity index (χ1v) is 5.88. The van der Waals surface area contributed by atoms with Crippen LogP contribution in [0.15, 0.2) is 36.4 Å². The molecule has 1 aromatic rings. The van der Waals surface area contributed by atoms with Gasteiger partial charge in [0.25, 0.3) is 0 Å². The largest absolute Gasteiger partial charge is 0.352 e. The summed E-state index contributed by atoms with van der Waals surface area (Å²) in [5.74, 6) is 0.394. The van der Waals surface area contributed by atoms with Crippen LogP contribution in [-0.4, -0.2) is 26.0 Å². The van der Waals surface area contributed by atoms with E-state index < -0.39 is 0 Å². The zero-order chi connectivity index (χ0) is 12.5. The van der Waals surface area contributed by atoms with Gasteiger partial charge in [-0.2, -0.15) is 0 Å². The second-order valence-corrected chi connectivity index (χ2v) is 4.15. The van der Waals surface area contributed by atoms with Crippen LogP contribution in [0.2, 0.25) is 0 Å². The third kappa shape index (κ3) is 5.88. The van der Waals surface area contributed by atoms with E-state index in [1.807, 2.05) is 43.5 Å². The van der Waals surface area contributed by atoms with E-state index in [4.69, 9.17) is 0 Å². The monoisotopic (exact) mass is 232 g/mol. The highest BCUT2D eigenvalue weighted by molar-refractivity contribution is 5.91. The Labute approximate surface area is 103 Å². The molecule has 0 heterocycles. The van der Waals surface area contributed by atoms with Crippen LogP contribution in [0.4, 0.5) is 0 Å². The van der Waals surface area contributed by atoms with Gasteiger partial charge in [-0.15, -0.1) is 0 Å². The lowest BCUT2D eigenvalue weighted by atomic mass is 10.2. The van der Waals surface area contributed by atoms with Gasteiger partial charge in [0.2, 0.25) is 5.91 Å². The molecule has 0 saturated carbocycles. The van der Waals surface area contributed by atoms with Gasteiger partial charge in [-0.25, -0.2) is 0 Å². The van der Waals surface area contributed by atoms with Crippen molar-refractivity contribution in [2.24, 2.45) is 5.92 Å². The molecule has 92 valence electrons. The van der Waals surface area contributed by atoms with Crippen LogP contribution in [0.3, 0.4) is 0 Å². The molecule has 0 aliphatic rings. The molecule has 0 spiro atoms. The summed E-state index contributed by atoms with van der Waals surface area (Å²) in [6.07, 6.45) is 3.39. The lowest BCUT2D eigenvalue weighted by Crippen LogP contribution is -2.31. The van der Waals surface area contributed by atoms with Crippen molar-refractivity contribution < 1.29 is 4.79 Å². The van der Waals surface area contributed by atoms with E-state index >= 15 is 0 Å². The molecule has 0 aliphatic heterocycles. The summed E-state index contributed by atoms with van der Waals surface area (Å²) in [7, 11) is 1.91. The topological polar surface area (TPSA) is 41.1 Å². The number of hydrogen-bond donors (Lipinski definition) is 2.